The van der Waals surface area contributed by atoms with E-state index in [1.165, 1.54) is 13.2 Å². The first-order valence-electron chi connectivity index (χ1n) is 6.78. The van der Waals surface area contributed by atoms with E-state index >= 15 is 0 Å². The van der Waals surface area contributed by atoms with Gasteiger partial charge in [0, 0.05) is 11.0 Å². The number of aryl methyl sites for hydroxylation is 1. The first-order chi connectivity index (χ1) is 10.8. The summed E-state index contributed by atoms with van der Waals surface area (Å²) < 4.78 is 42.2. The first kappa shape index (κ1) is 18.6. The van der Waals surface area contributed by atoms with Gasteiger partial charge in [-0.2, -0.15) is 13.2 Å². The fraction of sp³-hybridized carbons (Fsp3) is 0.500. The van der Waals surface area contributed by atoms with Crippen molar-refractivity contribution >= 4 is 5.97 Å². The molecule has 1 unspecified atom stereocenters. The quantitative estimate of drug-likeness (QED) is 0.436. The summed E-state index contributed by atoms with van der Waals surface area (Å²) >= 11 is 0. The van der Waals surface area contributed by atoms with Gasteiger partial charge in [-0.3, -0.25) is 0 Å². The predicted molar refractivity (Wildman–Crippen MR) is 76.5 cm³/mol. The van der Waals surface area contributed by atoms with Crippen LogP contribution in [0, 0.1) is 0 Å². The van der Waals surface area contributed by atoms with Gasteiger partial charge in [0.15, 0.2) is 0 Å². The van der Waals surface area contributed by atoms with Crippen LogP contribution < -0.4 is 4.74 Å². The zero-order valence-electron chi connectivity index (χ0n) is 12.4. The molecule has 0 spiro atoms. The van der Waals surface area contributed by atoms with Gasteiger partial charge in [-0.1, -0.05) is 17.2 Å². The van der Waals surface area contributed by atoms with Crippen LogP contribution in [0.2, 0.25) is 0 Å². The zero-order chi connectivity index (χ0) is 17.5. The Hall–Kier alpha value is -2.41. The third-order valence-electron chi connectivity index (χ3n) is 3.20. The molecule has 0 fully saturated rings. The molecule has 1 N–H and O–H groups in total. The number of carbonyl (C=O) groups is 1. The van der Waals surface area contributed by atoms with Gasteiger partial charge in [0.05, 0.1) is 13.5 Å². The summed E-state index contributed by atoms with van der Waals surface area (Å²) in [6, 6.07) is 3.41. The number of rotatable bonds is 8. The Morgan fingerprint density at radius 3 is 2.70 bits per heavy atom. The molecule has 0 aliphatic carbocycles. The second-order valence-electron chi connectivity index (χ2n) is 4.87. The minimum absolute atomic E-state index is 0.00751. The van der Waals surface area contributed by atoms with Crippen molar-refractivity contribution in [2.45, 2.75) is 37.9 Å². The molecule has 1 atom stereocenters. The fourth-order valence-electron chi connectivity index (χ4n) is 2.26. The minimum atomic E-state index is -4.40. The van der Waals surface area contributed by atoms with Crippen molar-refractivity contribution in [3.05, 3.63) is 39.8 Å². The van der Waals surface area contributed by atoms with Crippen molar-refractivity contribution in [2.24, 2.45) is 5.11 Å². The van der Waals surface area contributed by atoms with Crippen LogP contribution in [-0.4, -0.2) is 30.4 Å². The highest BCUT2D eigenvalue weighted by Gasteiger charge is 2.31. The van der Waals surface area contributed by atoms with E-state index in [2.05, 4.69) is 10.0 Å². The van der Waals surface area contributed by atoms with E-state index in [1.807, 2.05) is 0 Å². The Morgan fingerprint density at radius 1 is 1.48 bits per heavy atom. The third-order valence-corrected chi connectivity index (χ3v) is 3.20. The van der Waals surface area contributed by atoms with Crippen molar-refractivity contribution in [3.63, 3.8) is 0 Å². The number of aromatic carboxylic acids is 1. The van der Waals surface area contributed by atoms with Gasteiger partial charge < -0.3 is 9.84 Å². The molecule has 0 radical (unpaired) electrons. The number of hydrogen-bond donors (Lipinski definition) is 1. The Morgan fingerprint density at radius 2 is 2.17 bits per heavy atom. The number of halogens is 3. The molecule has 23 heavy (non-hydrogen) atoms. The molecule has 0 amide bonds. The van der Waals surface area contributed by atoms with E-state index in [-0.39, 0.29) is 17.7 Å². The molecule has 0 saturated carbocycles. The van der Waals surface area contributed by atoms with Gasteiger partial charge >= 0.3 is 12.1 Å². The van der Waals surface area contributed by atoms with E-state index in [0.717, 1.165) is 0 Å². The summed E-state index contributed by atoms with van der Waals surface area (Å²) in [6.45, 7) is 0. The molecular formula is C14H16F3N3O3. The molecule has 0 heterocycles. The van der Waals surface area contributed by atoms with Crippen molar-refractivity contribution < 1.29 is 27.8 Å². The smallest absolute Gasteiger partial charge is 0.389 e. The van der Waals surface area contributed by atoms with Gasteiger partial charge in [0.1, 0.15) is 11.3 Å². The lowest BCUT2D eigenvalue weighted by Gasteiger charge is -2.14. The van der Waals surface area contributed by atoms with Gasteiger partial charge in [-0.25, -0.2) is 4.79 Å². The second kappa shape index (κ2) is 8.28. The molecule has 0 aliphatic rings. The summed E-state index contributed by atoms with van der Waals surface area (Å²) in [7, 11) is 1.33. The number of ether oxygens (including phenoxy) is 1. The molecule has 9 heteroatoms. The Balaban J connectivity index is 2.76. The maximum absolute atomic E-state index is 12.4. The standard InChI is InChI=1S/C14H16F3N3O3/c1-23-12-9(5-3-7-11(12)13(21)22)4-2-6-10(19-20-18)8-14(15,16)17/h3,5,7,10H,2,4,6,8H2,1H3,(H,21,22). The number of methoxy groups -OCH3 is 1. The number of para-hydroxylation sites is 1. The van der Waals surface area contributed by atoms with E-state index in [1.54, 1.807) is 12.1 Å². The predicted octanol–water partition coefficient (Wildman–Crippen LogP) is 4.35. The number of hydrogen-bond acceptors (Lipinski definition) is 3. The molecule has 0 saturated heterocycles. The zero-order valence-corrected chi connectivity index (χ0v) is 12.4. The van der Waals surface area contributed by atoms with Crippen molar-refractivity contribution in [3.8, 4) is 5.75 Å². The molecule has 0 bridgehead atoms. The van der Waals surface area contributed by atoms with Gasteiger partial charge in [-0.05, 0) is 36.4 Å². The monoisotopic (exact) mass is 331 g/mol. The number of carboxylic acid groups (broad SMARTS) is 1. The van der Waals surface area contributed by atoms with Crippen LogP contribution in [0.5, 0.6) is 5.75 Å². The van der Waals surface area contributed by atoms with Crippen LogP contribution in [0.1, 0.15) is 35.2 Å². The molecule has 126 valence electrons. The molecular weight excluding hydrogens is 315 g/mol. The molecule has 6 nitrogen and oxygen atoms in total. The number of benzene rings is 1. The number of azide groups is 1. The lowest BCUT2D eigenvalue weighted by atomic mass is 10.0. The van der Waals surface area contributed by atoms with Crippen LogP contribution in [0.4, 0.5) is 13.2 Å². The van der Waals surface area contributed by atoms with Gasteiger partial charge in [0.2, 0.25) is 0 Å². The summed E-state index contributed by atoms with van der Waals surface area (Å²) in [5, 5.41) is 12.2. The SMILES string of the molecule is COc1c(CCCC(CC(F)(F)F)N=[N+]=[N-])cccc1C(=O)O. The molecule has 1 rings (SSSR count). The molecule has 0 aromatic heterocycles. The van der Waals surface area contributed by atoms with Crippen LogP contribution in [0.3, 0.4) is 0 Å². The molecule has 0 aliphatic heterocycles. The highest BCUT2D eigenvalue weighted by atomic mass is 19.4. The third kappa shape index (κ3) is 6.07. The van der Waals surface area contributed by atoms with E-state index in [9.17, 15) is 18.0 Å². The maximum Gasteiger partial charge on any atom is 0.389 e. The Bertz CT molecular complexity index is 599. The maximum atomic E-state index is 12.4. The Labute approximate surface area is 130 Å². The van der Waals surface area contributed by atoms with Crippen LogP contribution in [0.15, 0.2) is 23.3 Å². The normalized spacial score (nSPS) is 12.3. The number of nitrogens with zero attached hydrogens (tertiary/aromatic N) is 3. The molecule has 1 aromatic carbocycles. The van der Waals surface area contributed by atoms with Crippen molar-refractivity contribution in [1.29, 1.82) is 0 Å². The van der Waals surface area contributed by atoms with Crippen LogP contribution in [-0.2, 0) is 6.42 Å². The summed E-state index contributed by atoms with van der Waals surface area (Å²) in [4.78, 5) is 13.5. The van der Waals surface area contributed by atoms with Gasteiger partial charge in [0.25, 0.3) is 0 Å². The summed E-state index contributed by atoms with van der Waals surface area (Å²) in [5.74, 6) is -0.955. The topological polar surface area (TPSA) is 95.3 Å². The van der Waals surface area contributed by atoms with Crippen molar-refractivity contribution in [1.82, 2.24) is 0 Å². The average Bonchev–Trinajstić information content (AvgIpc) is 2.45. The van der Waals surface area contributed by atoms with Crippen LogP contribution in [0.25, 0.3) is 10.4 Å². The highest BCUT2D eigenvalue weighted by molar-refractivity contribution is 5.91. The van der Waals surface area contributed by atoms with Crippen molar-refractivity contribution in [2.75, 3.05) is 7.11 Å². The fourth-order valence-corrected chi connectivity index (χ4v) is 2.26. The minimum Gasteiger partial charge on any atom is -0.496 e. The lowest BCUT2D eigenvalue weighted by molar-refractivity contribution is -0.138. The first-order valence-corrected chi connectivity index (χ1v) is 6.78. The lowest BCUT2D eigenvalue weighted by Crippen LogP contribution is -2.17. The number of alkyl halides is 3. The summed E-state index contributed by atoms with van der Waals surface area (Å²) in [6.07, 6.45) is -4.91. The van der Waals surface area contributed by atoms with E-state index in [0.29, 0.717) is 18.4 Å². The van der Waals surface area contributed by atoms with Crippen LogP contribution >= 0.6 is 0 Å². The second-order valence-corrected chi connectivity index (χ2v) is 4.87. The average molecular weight is 331 g/mol. The molecule has 1 aromatic rings. The van der Waals surface area contributed by atoms with E-state index in [4.69, 9.17) is 15.4 Å². The highest BCUT2D eigenvalue weighted by Crippen LogP contribution is 2.28. The summed E-state index contributed by atoms with van der Waals surface area (Å²) in [5.41, 5.74) is 8.91. The van der Waals surface area contributed by atoms with Gasteiger partial charge in [-0.15, -0.1) is 0 Å². The largest absolute Gasteiger partial charge is 0.496 e. The number of carboxylic acids is 1. The Kier molecular flexibility index (Phi) is 6.71. The van der Waals surface area contributed by atoms with E-state index < -0.39 is 24.6 Å².